The first kappa shape index (κ1) is 26.2. The van der Waals surface area contributed by atoms with Gasteiger partial charge in [0.25, 0.3) is 0 Å². The molecule has 0 bridgehead atoms. The number of ether oxygens (including phenoxy) is 2. The van der Waals surface area contributed by atoms with Gasteiger partial charge in [0.2, 0.25) is 6.29 Å². The smallest absolute Gasteiger partial charge is 0.217 e. The summed E-state index contributed by atoms with van der Waals surface area (Å²) in [5.74, 6) is 0.808. The van der Waals surface area contributed by atoms with Crippen LogP contribution in [0.1, 0.15) is 43.9 Å². The fourth-order valence-electron chi connectivity index (χ4n) is 5.46. The van der Waals surface area contributed by atoms with E-state index in [0.717, 1.165) is 54.1 Å². The molecule has 6 nitrogen and oxygen atoms in total. The molecule has 0 saturated carbocycles. The first-order valence-corrected chi connectivity index (χ1v) is 14.1. The van der Waals surface area contributed by atoms with Crippen molar-refractivity contribution in [3.05, 3.63) is 121 Å². The van der Waals surface area contributed by atoms with Crippen LogP contribution in [0, 0.1) is 5.41 Å². The van der Waals surface area contributed by atoms with Gasteiger partial charge in [-0.05, 0) is 24.5 Å². The summed E-state index contributed by atoms with van der Waals surface area (Å²) in [6.45, 7) is 5.15. The molecule has 204 valence electrons. The predicted molar refractivity (Wildman–Crippen MR) is 157 cm³/mol. The molecule has 0 unspecified atom stereocenters. The largest absolute Gasteiger partial charge is 0.345 e. The van der Waals surface area contributed by atoms with Crippen molar-refractivity contribution in [1.82, 2.24) is 19.3 Å². The maximum Gasteiger partial charge on any atom is 0.217 e. The van der Waals surface area contributed by atoms with Gasteiger partial charge in [-0.15, -0.1) is 0 Å². The maximum atomic E-state index is 6.48. The fourth-order valence-corrected chi connectivity index (χ4v) is 5.46. The van der Waals surface area contributed by atoms with Crippen LogP contribution >= 0.6 is 0 Å². The van der Waals surface area contributed by atoms with Crippen LogP contribution in [-0.2, 0) is 22.6 Å². The number of imidazole rings is 1. The van der Waals surface area contributed by atoms with Gasteiger partial charge in [-0.25, -0.2) is 4.98 Å². The van der Waals surface area contributed by atoms with Crippen molar-refractivity contribution < 1.29 is 9.47 Å². The Bertz CT molecular complexity index is 1470. The number of nitrogens with zero attached hydrogens (tertiary/aromatic N) is 4. The Hall–Kier alpha value is -4.00. The second-order valence-corrected chi connectivity index (χ2v) is 11.0. The third-order valence-electron chi connectivity index (χ3n) is 7.63. The monoisotopic (exact) mass is 532 g/mol. The average Bonchev–Trinajstić information content (AvgIpc) is 3.66. The highest BCUT2D eigenvalue weighted by Gasteiger charge is 2.36. The number of aromatic nitrogens is 4. The zero-order valence-electron chi connectivity index (χ0n) is 23.0. The highest BCUT2D eigenvalue weighted by molar-refractivity contribution is 5.79. The molecular weight excluding hydrogens is 496 g/mol. The number of rotatable bonds is 10. The van der Waals surface area contributed by atoms with Gasteiger partial charge in [-0.2, -0.15) is 5.10 Å². The molecule has 1 fully saturated rings. The van der Waals surface area contributed by atoms with E-state index in [2.05, 4.69) is 95.5 Å². The molecule has 0 atom stereocenters. The van der Waals surface area contributed by atoms with E-state index in [9.17, 15) is 0 Å². The normalized spacial score (nSPS) is 19.1. The lowest BCUT2D eigenvalue weighted by atomic mass is 9.86. The van der Waals surface area contributed by atoms with E-state index in [4.69, 9.17) is 14.5 Å². The van der Waals surface area contributed by atoms with Gasteiger partial charge < -0.3 is 14.0 Å². The molecule has 1 aliphatic rings. The quantitative estimate of drug-likeness (QED) is 0.176. The molecule has 1 aliphatic heterocycles. The summed E-state index contributed by atoms with van der Waals surface area (Å²) in [6, 6.07) is 33.4. The molecule has 40 heavy (non-hydrogen) atoms. The molecule has 0 amide bonds. The Morgan fingerprint density at radius 2 is 1.45 bits per heavy atom. The molecule has 6 rings (SSSR count). The van der Waals surface area contributed by atoms with E-state index in [1.807, 2.05) is 35.3 Å². The molecule has 0 aliphatic carbocycles. The van der Waals surface area contributed by atoms with Crippen LogP contribution in [0.15, 0.2) is 109 Å². The minimum Gasteiger partial charge on any atom is -0.345 e. The Balaban J connectivity index is 1.28. The van der Waals surface area contributed by atoms with Gasteiger partial charge >= 0.3 is 0 Å². The van der Waals surface area contributed by atoms with Gasteiger partial charge in [0.1, 0.15) is 0 Å². The number of hydrogen-bond acceptors (Lipinski definition) is 4. The number of hydrogen-bond donors (Lipinski definition) is 0. The first-order chi connectivity index (χ1) is 19.7. The van der Waals surface area contributed by atoms with Gasteiger partial charge in [-0.3, -0.25) is 4.68 Å². The first-order valence-electron chi connectivity index (χ1n) is 14.1. The van der Waals surface area contributed by atoms with Crippen LogP contribution in [0.5, 0.6) is 0 Å². The zero-order valence-corrected chi connectivity index (χ0v) is 23.0. The minimum atomic E-state index is -0.527. The van der Waals surface area contributed by atoms with Gasteiger partial charge in [0.05, 0.1) is 24.6 Å². The Morgan fingerprint density at radius 3 is 2.10 bits per heavy atom. The van der Waals surface area contributed by atoms with E-state index >= 15 is 0 Å². The van der Waals surface area contributed by atoms with Crippen LogP contribution in [0.3, 0.4) is 0 Å². The van der Waals surface area contributed by atoms with Crippen molar-refractivity contribution in [2.45, 2.75) is 45.6 Å². The van der Waals surface area contributed by atoms with Crippen LogP contribution in [0.4, 0.5) is 0 Å². The zero-order chi connectivity index (χ0) is 27.2. The molecule has 6 heteroatoms. The Labute approximate surface area is 236 Å². The second kappa shape index (κ2) is 12.0. The van der Waals surface area contributed by atoms with E-state index in [1.165, 1.54) is 5.56 Å². The van der Waals surface area contributed by atoms with E-state index < -0.39 is 6.29 Å². The van der Waals surface area contributed by atoms with Gasteiger partial charge in [0.15, 0.2) is 5.82 Å². The third kappa shape index (κ3) is 5.93. The van der Waals surface area contributed by atoms with Crippen molar-refractivity contribution >= 4 is 0 Å². The predicted octanol–water partition coefficient (Wildman–Crippen LogP) is 7.38. The summed E-state index contributed by atoms with van der Waals surface area (Å²) in [6.07, 6.45) is 6.56. The van der Waals surface area contributed by atoms with Crippen molar-refractivity contribution in [3.8, 4) is 22.5 Å². The molecule has 0 spiro atoms. The van der Waals surface area contributed by atoms with Crippen molar-refractivity contribution in [2.24, 2.45) is 5.41 Å². The lowest BCUT2D eigenvalue weighted by molar-refractivity contribution is -0.236. The molecule has 5 aromatic rings. The van der Waals surface area contributed by atoms with Crippen molar-refractivity contribution in [1.29, 1.82) is 0 Å². The van der Waals surface area contributed by atoms with Crippen molar-refractivity contribution in [3.63, 3.8) is 0 Å². The molecule has 1 saturated heterocycles. The molecular formula is C34H36N4O2. The van der Waals surface area contributed by atoms with Crippen molar-refractivity contribution in [2.75, 3.05) is 13.2 Å². The summed E-state index contributed by atoms with van der Waals surface area (Å²) < 4.78 is 17.2. The van der Waals surface area contributed by atoms with E-state index in [0.29, 0.717) is 19.8 Å². The lowest BCUT2D eigenvalue weighted by Gasteiger charge is -2.37. The van der Waals surface area contributed by atoms with Crippen LogP contribution in [0.25, 0.3) is 22.5 Å². The molecule has 3 heterocycles. The summed E-state index contributed by atoms with van der Waals surface area (Å²) in [5, 5.41) is 4.31. The molecule has 3 aromatic carbocycles. The maximum absolute atomic E-state index is 6.48. The summed E-state index contributed by atoms with van der Waals surface area (Å²) in [4.78, 5) is 5.23. The number of unbranched alkanes of at least 4 members (excludes halogenated alkanes) is 1. The van der Waals surface area contributed by atoms with E-state index in [-0.39, 0.29) is 5.41 Å². The highest BCUT2D eigenvalue weighted by atomic mass is 16.7. The Morgan fingerprint density at radius 1 is 0.800 bits per heavy atom. The van der Waals surface area contributed by atoms with Gasteiger partial charge in [0, 0.05) is 42.0 Å². The molecule has 0 N–H and O–H groups in total. The fraction of sp³-hybridized carbons (Fsp3) is 0.294. The summed E-state index contributed by atoms with van der Waals surface area (Å²) in [7, 11) is 0. The van der Waals surface area contributed by atoms with Crippen LogP contribution in [-0.4, -0.2) is 32.5 Å². The molecule has 2 aromatic heterocycles. The summed E-state index contributed by atoms with van der Waals surface area (Å²) in [5.41, 5.74) is 5.39. The van der Waals surface area contributed by atoms with Gasteiger partial charge in [-0.1, -0.05) is 104 Å². The summed E-state index contributed by atoms with van der Waals surface area (Å²) >= 11 is 0. The molecule has 0 radical (unpaired) electrons. The SMILES string of the molecule is CC1(CCCCn2cccn2)COC(c2nc(-c3ccccc3)c(-c3ccccc3)n2Cc2ccccc2)OC1. The number of aryl methyl sites for hydroxylation is 1. The average molecular weight is 533 g/mol. The minimum absolute atomic E-state index is 0.0258. The number of benzene rings is 3. The Kier molecular flexibility index (Phi) is 7.89. The van der Waals surface area contributed by atoms with E-state index in [1.54, 1.807) is 0 Å². The lowest BCUT2D eigenvalue weighted by Crippen LogP contribution is -2.37. The van der Waals surface area contributed by atoms with Crippen LogP contribution < -0.4 is 0 Å². The second-order valence-electron chi connectivity index (χ2n) is 11.0. The third-order valence-corrected chi connectivity index (χ3v) is 7.63. The van der Waals surface area contributed by atoms with Crippen LogP contribution in [0.2, 0.25) is 0 Å². The standard InChI is InChI=1S/C34H36N4O2/c1-34(20-11-12-22-37-23-13-21-35-37)25-39-33(40-26-34)32-36-30(28-16-7-3-8-17-28)31(29-18-9-4-10-19-29)38(32)24-27-14-5-2-6-15-27/h2-10,13-19,21,23,33H,11-12,20,22,24-26H2,1H3. The topological polar surface area (TPSA) is 54.1 Å². The highest BCUT2D eigenvalue weighted by Crippen LogP contribution is 2.39.